The maximum atomic E-state index is 2.54. The average molecular weight is 904 g/mol. The molecule has 71 heavy (non-hydrogen) atoms. The maximum absolute atomic E-state index is 2.54. The number of fused-ring (bicyclic) bond motifs is 8. The van der Waals surface area contributed by atoms with Gasteiger partial charge in [-0.3, -0.25) is 0 Å². The van der Waals surface area contributed by atoms with Crippen molar-refractivity contribution in [3.05, 3.63) is 273 Å². The van der Waals surface area contributed by atoms with Gasteiger partial charge in [0.05, 0.1) is 33.6 Å². The lowest BCUT2D eigenvalue weighted by Crippen LogP contribution is -2.10. The third-order valence-corrected chi connectivity index (χ3v) is 14.5. The van der Waals surface area contributed by atoms with Crippen molar-refractivity contribution in [2.75, 3.05) is 4.90 Å². The van der Waals surface area contributed by atoms with Gasteiger partial charge in [-0.2, -0.15) is 0 Å². The Bertz CT molecular complexity index is 4310. The zero-order valence-electron chi connectivity index (χ0n) is 38.8. The monoisotopic (exact) mass is 903 g/mol. The zero-order valence-corrected chi connectivity index (χ0v) is 38.8. The van der Waals surface area contributed by atoms with Gasteiger partial charge in [0.25, 0.3) is 0 Å². The van der Waals surface area contributed by atoms with E-state index < -0.39 is 0 Å². The maximum Gasteiger partial charge on any atom is 0.0620 e. The van der Waals surface area contributed by atoms with Crippen LogP contribution in [0.1, 0.15) is 0 Å². The molecule has 2 aromatic heterocycles. The Morgan fingerprint density at radius 3 is 1.63 bits per heavy atom. The van der Waals surface area contributed by atoms with Gasteiger partial charge in [-0.1, -0.05) is 212 Å². The predicted molar refractivity (Wildman–Crippen MR) is 301 cm³/mol. The summed E-state index contributed by atoms with van der Waals surface area (Å²) < 4.78 is 4.92. The first-order valence-corrected chi connectivity index (χ1v) is 24.4. The van der Waals surface area contributed by atoms with Gasteiger partial charge in [-0.25, -0.2) is 0 Å². The molecule has 14 rings (SSSR count). The smallest absolute Gasteiger partial charge is 0.0620 e. The van der Waals surface area contributed by atoms with Crippen molar-refractivity contribution in [1.82, 2.24) is 9.13 Å². The Morgan fingerprint density at radius 2 is 0.859 bits per heavy atom. The number of para-hydroxylation sites is 2. The van der Waals surface area contributed by atoms with Crippen LogP contribution in [0.15, 0.2) is 273 Å². The van der Waals surface area contributed by atoms with E-state index in [9.17, 15) is 0 Å². The lowest BCUT2D eigenvalue weighted by molar-refractivity contribution is 1.16. The van der Waals surface area contributed by atoms with Crippen LogP contribution < -0.4 is 4.90 Å². The molecule has 332 valence electrons. The third kappa shape index (κ3) is 6.59. The number of nitrogens with zero attached hydrogens (tertiary/aromatic N) is 3. The van der Waals surface area contributed by atoms with Crippen molar-refractivity contribution >= 4 is 82.1 Å². The van der Waals surface area contributed by atoms with Crippen molar-refractivity contribution in [1.29, 1.82) is 0 Å². The molecule has 0 saturated heterocycles. The Morgan fingerprint density at radius 1 is 0.296 bits per heavy atom. The molecule has 12 aromatic carbocycles. The average Bonchev–Trinajstić information content (AvgIpc) is 3.97. The minimum Gasteiger partial charge on any atom is -0.310 e. The first-order valence-electron chi connectivity index (χ1n) is 24.4. The largest absolute Gasteiger partial charge is 0.310 e. The summed E-state index contributed by atoms with van der Waals surface area (Å²) in [5, 5.41) is 10.9. The molecule has 0 N–H and O–H groups in total. The fourth-order valence-electron chi connectivity index (χ4n) is 11.4. The van der Waals surface area contributed by atoms with Crippen LogP contribution in [0, 0.1) is 0 Å². The minimum atomic E-state index is 1.09. The highest BCUT2D eigenvalue weighted by Crippen LogP contribution is 2.48. The second-order valence-corrected chi connectivity index (χ2v) is 18.4. The quantitative estimate of drug-likeness (QED) is 0.148. The summed E-state index contributed by atoms with van der Waals surface area (Å²) in [6.07, 6.45) is 0. The molecule has 0 fully saturated rings. The lowest BCUT2D eigenvalue weighted by atomic mass is 9.94. The van der Waals surface area contributed by atoms with Gasteiger partial charge in [-0.05, 0) is 99.1 Å². The van der Waals surface area contributed by atoms with E-state index in [-0.39, 0.29) is 0 Å². The molecule has 0 spiro atoms. The number of hydrogen-bond donors (Lipinski definition) is 0. The van der Waals surface area contributed by atoms with Gasteiger partial charge in [0.2, 0.25) is 0 Å². The van der Waals surface area contributed by atoms with E-state index in [1.807, 2.05) is 0 Å². The van der Waals surface area contributed by atoms with E-state index in [2.05, 4.69) is 287 Å². The molecule has 0 amide bonds. The Balaban J connectivity index is 0.972. The van der Waals surface area contributed by atoms with Crippen molar-refractivity contribution < 1.29 is 0 Å². The van der Waals surface area contributed by atoms with Crippen LogP contribution in [0.2, 0.25) is 0 Å². The summed E-state index contributed by atoms with van der Waals surface area (Å²) >= 11 is 0. The molecule has 0 aliphatic carbocycles. The number of aromatic nitrogens is 2. The van der Waals surface area contributed by atoms with Gasteiger partial charge in [0, 0.05) is 54.9 Å². The topological polar surface area (TPSA) is 13.1 Å². The minimum absolute atomic E-state index is 1.09. The predicted octanol–water partition coefficient (Wildman–Crippen LogP) is 18.7. The van der Waals surface area contributed by atoms with Gasteiger partial charge in [0.15, 0.2) is 0 Å². The summed E-state index contributed by atoms with van der Waals surface area (Å²) in [4.78, 5) is 2.43. The molecule has 0 saturated carbocycles. The second kappa shape index (κ2) is 16.7. The van der Waals surface area contributed by atoms with Crippen molar-refractivity contribution in [2.45, 2.75) is 0 Å². The fraction of sp³-hybridized carbons (Fsp3) is 0. The van der Waals surface area contributed by atoms with Crippen LogP contribution in [0.3, 0.4) is 0 Å². The number of hydrogen-bond acceptors (Lipinski definition) is 1. The number of anilines is 3. The van der Waals surface area contributed by atoms with Crippen molar-refractivity contribution in [2.24, 2.45) is 0 Å². The molecule has 3 heteroatoms. The number of rotatable bonds is 8. The van der Waals surface area contributed by atoms with Crippen molar-refractivity contribution in [3.63, 3.8) is 0 Å². The van der Waals surface area contributed by atoms with Crippen LogP contribution in [-0.4, -0.2) is 9.13 Å². The zero-order chi connectivity index (χ0) is 46.8. The van der Waals surface area contributed by atoms with Gasteiger partial charge in [0.1, 0.15) is 0 Å². The SMILES string of the molecule is c1ccc(-c2c(-c3ccccc3)n(-c3cccc4ccccc34)c3c2ccc2c(-c4ccc(N(c5ccc6c(c5)c5ccccc5n6-c5ccccc5)c5cccc6ccccc56)cc4)cccc23)cc1. The molecular weight excluding hydrogens is 859 g/mol. The molecule has 0 aliphatic rings. The van der Waals surface area contributed by atoms with Crippen LogP contribution in [-0.2, 0) is 0 Å². The molecule has 0 atom stereocenters. The molecule has 2 heterocycles. The normalized spacial score (nSPS) is 11.7. The van der Waals surface area contributed by atoms with E-state index in [0.717, 1.165) is 34.0 Å². The molecule has 0 aliphatic heterocycles. The molecule has 3 nitrogen and oxygen atoms in total. The summed E-state index contributed by atoms with van der Waals surface area (Å²) in [7, 11) is 0. The summed E-state index contributed by atoms with van der Waals surface area (Å²) in [5.74, 6) is 0. The molecule has 0 bridgehead atoms. The Hall–Kier alpha value is -9.44. The van der Waals surface area contributed by atoms with E-state index in [0.29, 0.717) is 0 Å². The molecule has 14 aromatic rings. The summed E-state index contributed by atoms with van der Waals surface area (Å²) in [6.45, 7) is 0. The van der Waals surface area contributed by atoms with Crippen LogP contribution in [0.5, 0.6) is 0 Å². The molecule has 0 radical (unpaired) electrons. The lowest BCUT2D eigenvalue weighted by Gasteiger charge is -2.27. The molecular formula is C68H45N3. The third-order valence-electron chi connectivity index (χ3n) is 14.5. The number of benzene rings is 12. The van der Waals surface area contributed by atoms with Gasteiger partial charge in [-0.15, -0.1) is 0 Å². The van der Waals surface area contributed by atoms with E-state index >= 15 is 0 Å². The Labute approximate surface area is 412 Å². The van der Waals surface area contributed by atoms with Gasteiger partial charge < -0.3 is 14.0 Å². The van der Waals surface area contributed by atoms with Crippen LogP contribution in [0.25, 0.3) is 110 Å². The van der Waals surface area contributed by atoms with E-state index in [4.69, 9.17) is 0 Å². The highest BCUT2D eigenvalue weighted by molar-refractivity contribution is 6.19. The highest BCUT2D eigenvalue weighted by Gasteiger charge is 2.25. The Kier molecular flexibility index (Phi) is 9.53. The van der Waals surface area contributed by atoms with Crippen LogP contribution >= 0.6 is 0 Å². The van der Waals surface area contributed by atoms with Gasteiger partial charge >= 0.3 is 0 Å². The first-order chi connectivity index (χ1) is 35.3. The fourth-order valence-corrected chi connectivity index (χ4v) is 11.4. The summed E-state index contributed by atoms with van der Waals surface area (Å²) in [5.41, 5.74) is 16.3. The van der Waals surface area contributed by atoms with E-state index in [1.165, 1.54) is 93.0 Å². The first kappa shape index (κ1) is 40.6. The standard InChI is InChI=1S/C68H45N3/c1-4-21-49(22-5-1)66-60-43-42-57-54(32-18-33-59(57)68(60)71(67(66)50-23-6-2-7-24-50)63-36-17-26-47-20-11-13-30-56(47)63)48-37-39-52(40-38-48)69(62-35-16-25-46-19-10-12-29-55(46)62)53-41-44-65-61(45-53)58-31-14-15-34-64(58)70(65)51-27-8-3-9-28-51/h1-45H. The van der Waals surface area contributed by atoms with E-state index in [1.54, 1.807) is 0 Å². The highest BCUT2D eigenvalue weighted by atomic mass is 15.1. The summed E-state index contributed by atoms with van der Waals surface area (Å²) in [6, 6.07) is 99.8. The second-order valence-electron chi connectivity index (χ2n) is 18.4. The molecule has 0 unspecified atom stereocenters. The van der Waals surface area contributed by atoms with Crippen molar-refractivity contribution in [3.8, 4) is 44.9 Å². The van der Waals surface area contributed by atoms with Crippen LogP contribution in [0.4, 0.5) is 17.1 Å².